The first-order chi connectivity index (χ1) is 12.0. The summed E-state index contributed by atoms with van der Waals surface area (Å²) in [7, 11) is 1.72. The number of carbonyl (C=O) groups is 1. The zero-order valence-corrected chi connectivity index (χ0v) is 14.9. The van der Waals surface area contributed by atoms with Crippen LogP contribution in [0.2, 0.25) is 10.0 Å². The second-order valence-electron chi connectivity index (χ2n) is 5.38. The van der Waals surface area contributed by atoms with Gasteiger partial charge < -0.3 is 10.2 Å². The van der Waals surface area contributed by atoms with Crippen molar-refractivity contribution in [1.29, 1.82) is 0 Å². The van der Waals surface area contributed by atoms with Crippen LogP contribution in [0.1, 0.15) is 10.5 Å². The standard InChI is InChI=1S/C19H15Cl2N3O/c1-24(15-5-3-2-4-6-15)19(25)18-12-14(9-10-22-18)23-17-8-7-13(20)11-16(17)21/h2-12H,1H3,(H,22,23). The number of nitrogens with zero attached hydrogens (tertiary/aromatic N) is 2. The van der Waals surface area contributed by atoms with Crippen LogP contribution >= 0.6 is 23.2 Å². The van der Waals surface area contributed by atoms with Crippen molar-refractivity contribution in [3.8, 4) is 0 Å². The van der Waals surface area contributed by atoms with Crippen LogP contribution in [-0.2, 0) is 0 Å². The second kappa shape index (κ2) is 7.55. The van der Waals surface area contributed by atoms with E-state index in [0.29, 0.717) is 27.1 Å². The molecule has 0 aliphatic heterocycles. The van der Waals surface area contributed by atoms with Crippen LogP contribution in [0.5, 0.6) is 0 Å². The maximum Gasteiger partial charge on any atom is 0.276 e. The first kappa shape index (κ1) is 17.3. The summed E-state index contributed by atoms with van der Waals surface area (Å²) in [6.45, 7) is 0. The highest BCUT2D eigenvalue weighted by Gasteiger charge is 2.15. The van der Waals surface area contributed by atoms with E-state index in [9.17, 15) is 4.79 Å². The Kier molecular flexibility index (Phi) is 5.22. The number of benzene rings is 2. The van der Waals surface area contributed by atoms with Gasteiger partial charge in [0.1, 0.15) is 5.69 Å². The Hall–Kier alpha value is -2.56. The molecule has 0 unspecified atom stereocenters. The van der Waals surface area contributed by atoms with E-state index in [1.165, 1.54) is 0 Å². The van der Waals surface area contributed by atoms with Gasteiger partial charge in [0, 0.05) is 29.6 Å². The molecule has 0 fully saturated rings. The zero-order valence-electron chi connectivity index (χ0n) is 13.4. The van der Waals surface area contributed by atoms with Gasteiger partial charge in [0.15, 0.2) is 0 Å². The molecule has 0 radical (unpaired) electrons. The molecule has 1 aromatic heterocycles. The van der Waals surface area contributed by atoms with Crippen molar-refractivity contribution in [3.63, 3.8) is 0 Å². The lowest BCUT2D eigenvalue weighted by atomic mass is 10.2. The Labute approximate surface area is 156 Å². The molecule has 1 N–H and O–H groups in total. The topological polar surface area (TPSA) is 45.2 Å². The van der Waals surface area contributed by atoms with E-state index in [4.69, 9.17) is 23.2 Å². The first-order valence-electron chi connectivity index (χ1n) is 7.56. The summed E-state index contributed by atoms with van der Waals surface area (Å²) < 4.78 is 0. The van der Waals surface area contributed by atoms with E-state index in [2.05, 4.69) is 10.3 Å². The predicted molar refractivity (Wildman–Crippen MR) is 103 cm³/mol. The largest absolute Gasteiger partial charge is 0.354 e. The molecular formula is C19H15Cl2N3O. The SMILES string of the molecule is CN(C(=O)c1cc(Nc2ccc(Cl)cc2Cl)ccn1)c1ccccc1. The summed E-state index contributed by atoms with van der Waals surface area (Å²) in [5.74, 6) is -0.197. The van der Waals surface area contributed by atoms with Gasteiger partial charge in [0.25, 0.3) is 5.91 Å². The van der Waals surface area contributed by atoms with Crippen LogP contribution in [0.15, 0.2) is 66.9 Å². The summed E-state index contributed by atoms with van der Waals surface area (Å²) in [5, 5.41) is 4.23. The van der Waals surface area contributed by atoms with Gasteiger partial charge in [-0.2, -0.15) is 0 Å². The van der Waals surface area contributed by atoms with Crippen LogP contribution in [0.4, 0.5) is 17.1 Å². The van der Waals surface area contributed by atoms with Gasteiger partial charge >= 0.3 is 0 Å². The lowest BCUT2D eigenvalue weighted by molar-refractivity contribution is 0.0988. The number of carbonyl (C=O) groups excluding carboxylic acids is 1. The number of hydrogen-bond donors (Lipinski definition) is 1. The van der Waals surface area contributed by atoms with Gasteiger partial charge in [-0.3, -0.25) is 9.78 Å². The number of rotatable bonds is 4. The number of amides is 1. The van der Waals surface area contributed by atoms with E-state index < -0.39 is 0 Å². The number of para-hydroxylation sites is 1. The van der Waals surface area contributed by atoms with Crippen LogP contribution in [0.3, 0.4) is 0 Å². The summed E-state index contributed by atoms with van der Waals surface area (Å²) in [6, 6.07) is 18.0. The van der Waals surface area contributed by atoms with Crippen molar-refractivity contribution in [2.45, 2.75) is 0 Å². The van der Waals surface area contributed by atoms with Crippen LogP contribution in [0.25, 0.3) is 0 Å². The Morgan fingerprint density at radius 3 is 2.52 bits per heavy atom. The molecule has 0 atom stereocenters. The molecule has 0 saturated carbocycles. The minimum atomic E-state index is -0.197. The van der Waals surface area contributed by atoms with E-state index >= 15 is 0 Å². The Bertz CT molecular complexity index is 900. The summed E-state index contributed by atoms with van der Waals surface area (Å²) in [4.78, 5) is 18.4. The van der Waals surface area contributed by atoms with E-state index in [1.807, 2.05) is 30.3 Å². The quantitative estimate of drug-likeness (QED) is 0.666. The first-order valence-corrected chi connectivity index (χ1v) is 8.31. The van der Waals surface area contributed by atoms with Gasteiger partial charge in [0.05, 0.1) is 10.7 Å². The lowest BCUT2D eigenvalue weighted by Crippen LogP contribution is -2.27. The van der Waals surface area contributed by atoms with Gasteiger partial charge in [-0.15, -0.1) is 0 Å². The van der Waals surface area contributed by atoms with Gasteiger partial charge in [-0.05, 0) is 42.5 Å². The van der Waals surface area contributed by atoms with E-state index in [-0.39, 0.29) is 5.91 Å². The molecule has 0 aliphatic rings. The maximum absolute atomic E-state index is 12.7. The monoisotopic (exact) mass is 371 g/mol. The molecule has 126 valence electrons. The predicted octanol–water partition coefficient (Wildman–Crippen LogP) is 5.41. The van der Waals surface area contributed by atoms with Crippen molar-refractivity contribution in [1.82, 2.24) is 4.98 Å². The molecule has 1 heterocycles. The molecule has 0 aliphatic carbocycles. The molecule has 2 aromatic carbocycles. The highest BCUT2D eigenvalue weighted by molar-refractivity contribution is 6.36. The number of hydrogen-bond acceptors (Lipinski definition) is 3. The minimum Gasteiger partial charge on any atom is -0.354 e. The Morgan fingerprint density at radius 2 is 1.80 bits per heavy atom. The van der Waals surface area contributed by atoms with Crippen molar-refractivity contribution in [2.75, 3.05) is 17.3 Å². The minimum absolute atomic E-state index is 0.197. The van der Waals surface area contributed by atoms with Gasteiger partial charge in [0.2, 0.25) is 0 Å². The number of aromatic nitrogens is 1. The number of anilines is 3. The van der Waals surface area contributed by atoms with Gasteiger partial charge in [-0.1, -0.05) is 41.4 Å². The fraction of sp³-hybridized carbons (Fsp3) is 0.0526. The van der Waals surface area contributed by atoms with Crippen LogP contribution < -0.4 is 10.2 Å². The molecule has 1 amide bonds. The third-order valence-electron chi connectivity index (χ3n) is 3.64. The van der Waals surface area contributed by atoms with Crippen molar-refractivity contribution < 1.29 is 4.79 Å². The number of pyridine rings is 1. The fourth-order valence-electron chi connectivity index (χ4n) is 2.31. The number of halogens is 2. The van der Waals surface area contributed by atoms with Crippen molar-refractivity contribution in [2.24, 2.45) is 0 Å². The molecule has 0 bridgehead atoms. The van der Waals surface area contributed by atoms with Crippen LogP contribution in [-0.4, -0.2) is 17.9 Å². The zero-order chi connectivity index (χ0) is 17.8. The fourth-order valence-corrected chi connectivity index (χ4v) is 2.77. The summed E-state index contributed by atoms with van der Waals surface area (Å²) in [5.41, 5.74) is 2.55. The van der Waals surface area contributed by atoms with Gasteiger partial charge in [-0.25, -0.2) is 0 Å². The smallest absolute Gasteiger partial charge is 0.276 e. The molecule has 4 nitrogen and oxygen atoms in total. The molecule has 3 aromatic rings. The maximum atomic E-state index is 12.7. The normalized spacial score (nSPS) is 10.4. The summed E-state index contributed by atoms with van der Waals surface area (Å²) in [6.07, 6.45) is 1.58. The Balaban J connectivity index is 1.82. The average molecular weight is 372 g/mol. The highest BCUT2D eigenvalue weighted by Crippen LogP contribution is 2.28. The highest BCUT2D eigenvalue weighted by atomic mass is 35.5. The molecular weight excluding hydrogens is 357 g/mol. The lowest BCUT2D eigenvalue weighted by Gasteiger charge is -2.17. The third kappa shape index (κ3) is 4.10. The third-order valence-corrected chi connectivity index (χ3v) is 4.19. The Morgan fingerprint density at radius 1 is 1.04 bits per heavy atom. The summed E-state index contributed by atoms with van der Waals surface area (Å²) >= 11 is 12.1. The van der Waals surface area contributed by atoms with E-state index in [1.54, 1.807) is 48.5 Å². The second-order valence-corrected chi connectivity index (χ2v) is 6.22. The molecule has 25 heavy (non-hydrogen) atoms. The molecule has 3 rings (SSSR count). The molecule has 0 spiro atoms. The van der Waals surface area contributed by atoms with Crippen LogP contribution in [0, 0.1) is 0 Å². The molecule has 0 saturated heterocycles. The average Bonchev–Trinajstić information content (AvgIpc) is 2.64. The number of nitrogens with one attached hydrogen (secondary N) is 1. The van der Waals surface area contributed by atoms with Crippen molar-refractivity contribution in [3.05, 3.63) is 82.6 Å². The van der Waals surface area contributed by atoms with E-state index in [0.717, 1.165) is 5.69 Å². The molecule has 6 heteroatoms. The van der Waals surface area contributed by atoms with Crippen molar-refractivity contribution >= 4 is 46.2 Å².